The van der Waals surface area contributed by atoms with Crippen LogP contribution in [0.4, 0.5) is 0 Å². The van der Waals surface area contributed by atoms with Crippen molar-refractivity contribution in [1.82, 2.24) is 19.7 Å². The summed E-state index contributed by atoms with van der Waals surface area (Å²) in [6.07, 6.45) is 3.21. The SMILES string of the molecule is Cc1cc(C)c(-n2cnnc2-c2ccc3ncoc3c2)c(C)c1. The second kappa shape index (κ2) is 5.05. The predicted octanol–water partition coefficient (Wildman–Crippen LogP) is 4.00. The molecule has 2 aromatic carbocycles. The van der Waals surface area contributed by atoms with E-state index in [0.717, 1.165) is 28.2 Å². The van der Waals surface area contributed by atoms with Crippen molar-refractivity contribution in [3.05, 3.63) is 59.7 Å². The van der Waals surface area contributed by atoms with Gasteiger partial charge >= 0.3 is 0 Å². The number of fused-ring (bicyclic) bond motifs is 1. The molecule has 4 aromatic rings. The molecule has 0 aliphatic rings. The number of aryl methyl sites for hydroxylation is 3. The van der Waals surface area contributed by atoms with E-state index in [2.05, 4.69) is 48.1 Å². The molecule has 0 saturated carbocycles. The molecule has 0 unspecified atom stereocenters. The highest BCUT2D eigenvalue weighted by molar-refractivity contribution is 5.78. The predicted molar refractivity (Wildman–Crippen MR) is 88.6 cm³/mol. The lowest BCUT2D eigenvalue weighted by Gasteiger charge is -2.14. The second-order valence-corrected chi connectivity index (χ2v) is 5.81. The van der Waals surface area contributed by atoms with Gasteiger partial charge in [-0.05, 0) is 50.1 Å². The van der Waals surface area contributed by atoms with Gasteiger partial charge in [0, 0.05) is 5.56 Å². The van der Waals surface area contributed by atoms with E-state index in [-0.39, 0.29) is 0 Å². The molecule has 0 aliphatic heterocycles. The molecule has 0 radical (unpaired) electrons. The maximum absolute atomic E-state index is 5.40. The van der Waals surface area contributed by atoms with Gasteiger partial charge in [0.25, 0.3) is 0 Å². The summed E-state index contributed by atoms with van der Waals surface area (Å²) in [4.78, 5) is 4.15. The van der Waals surface area contributed by atoms with Gasteiger partial charge in [-0.3, -0.25) is 4.57 Å². The van der Waals surface area contributed by atoms with E-state index < -0.39 is 0 Å². The van der Waals surface area contributed by atoms with Crippen molar-refractivity contribution >= 4 is 11.1 Å². The molecule has 0 bridgehead atoms. The number of nitrogens with zero attached hydrogens (tertiary/aromatic N) is 4. The van der Waals surface area contributed by atoms with E-state index in [0.29, 0.717) is 0 Å². The first-order chi connectivity index (χ1) is 11.1. The third kappa shape index (κ3) is 2.21. The van der Waals surface area contributed by atoms with Crippen LogP contribution in [0.25, 0.3) is 28.2 Å². The van der Waals surface area contributed by atoms with Crippen LogP contribution in [0.1, 0.15) is 16.7 Å². The van der Waals surface area contributed by atoms with E-state index in [1.807, 2.05) is 22.8 Å². The molecule has 2 heterocycles. The standard InChI is InChI=1S/C18H16N4O/c1-11-6-12(2)17(13(3)7-11)22-9-20-21-18(22)14-4-5-15-16(8-14)23-10-19-15/h4-10H,1-3H3. The molecule has 0 fully saturated rings. The average molecular weight is 304 g/mol. The van der Waals surface area contributed by atoms with Gasteiger partial charge in [-0.2, -0.15) is 0 Å². The molecule has 114 valence electrons. The van der Waals surface area contributed by atoms with Gasteiger partial charge in [0.2, 0.25) is 0 Å². The van der Waals surface area contributed by atoms with Gasteiger partial charge in [-0.25, -0.2) is 4.98 Å². The molecule has 0 atom stereocenters. The second-order valence-electron chi connectivity index (χ2n) is 5.81. The molecule has 0 aliphatic carbocycles. The molecule has 0 spiro atoms. The van der Waals surface area contributed by atoms with Crippen molar-refractivity contribution in [2.24, 2.45) is 0 Å². The number of hydrogen-bond donors (Lipinski definition) is 0. The van der Waals surface area contributed by atoms with Gasteiger partial charge < -0.3 is 4.42 Å². The van der Waals surface area contributed by atoms with Crippen LogP contribution in [0, 0.1) is 20.8 Å². The van der Waals surface area contributed by atoms with Crippen molar-refractivity contribution in [1.29, 1.82) is 0 Å². The summed E-state index contributed by atoms with van der Waals surface area (Å²) in [7, 11) is 0. The first-order valence-corrected chi connectivity index (χ1v) is 7.45. The highest BCUT2D eigenvalue weighted by Gasteiger charge is 2.14. The summed E-state index contributed by atoms with van der Waals surface area (Å²) >= 11 is 0. The lowest BCUT2D eigenvalue weighted by molar-refractivity contribution is 0.602. The van der Waals surface area contributed by atoms with Crippen molar-refractivity contribution in [3.63, 3.8) is 0 Å². The summed E-state index contributed by atoms with van der Waals surface area (Å²) in [5, 5.41) is 8.42. The minimum atomic E-state index is 0.745. The molecule has 4 rings (SSSR count). The topological polar surface area (TPSA) is 56.7 Å². The fourth-order valence-electron chi connectivity index (χ4n) is 3.14. The number of rotatable bonds is 2. The molecule has 5 heteroatoms. The fourth-order valence-corrected chi connectivity index (χ4v) is 3.14. The first-order valence-electron chi connectivity index (χ1n) is 7.45. The Kier molecular flexibility index (Phi) is 3.01. The molecule has 0 amide bonds. The van der Waals surface area contributed by atoms with Gasteiger partial charge in [0.05, 0.1) is 5.69 Å². The Bertz CT molecular complexity index is 990. The normalized spacial score (nSPS) is 11.3. The Morgan fingerprint density at radius 2 is 1.78 bits per heavy atom. The molecule has 2 aromatic heterocycles. The maximum atomic E-state index is 5.40. The molecular weight excluding hydrogens is 288 g/mol. The van der Waals surface area contributed by atoms with E-state index in [1.165, 1.54) is 23.1 Å². The molecular formula is C18H16N4O. The number of aromatic nitrogens is 4. The Labute approximate surface area is 133 Å². The highest BCUT2D eigenvalue weighted by atomic mass is 16.3. The third-order valence-electron chi connectivity index (χ3n) is 4.01. The zero-order valence-corrected chi connectivity index (χ0v) is 13.2. The van der Waals surface area contributed by atoms with E-state index in [9.17, 15) is 0 Å². The molecule has 23 heavy (non-hydrogen) atoms. The molecule has 5 nitrogen and oxygen atoms in total. The van der Waals surface area contributed by atoms with Crippen LogP contribution in [-0.2, 0) is 0 Å². The number of oxazole rings is 1. The van der Waals surface area contributed by atoms with Crippen molar-refractivity contribution in [2.75, 3.05) is 0 Å². The van der Waals surface area contributed by atoms with Crippen molar-refractivity contribution in [2.45, 2.75) is 20.8 Å². The van der Waals surface area contributed by atoms with Crippen LogP contribution in [-0.4, -0.2) is 19.7 Å². The van der Waals surface area contributed by atoms with Gasteiger partial charge in [0.15, 0.2) is 17.8 Å². The van der Waals surface area contributed by atoms with Gasteiger partial charge in [-0.15, -0.1) is 10.2 Å². The summed E-state index contributed by atoms with van der Waals surface area (Å²) < 4.78 is 7.43. The number of benzene rings is 2. The lowest BCUT2D eigenvalue weighted by Crippen LogP contribution is -2.02. The maximum Gasteiger partial charge on any atom is 0.181 e. The Morgan fingerprint density at radius 3 is 2.57 bits per heavy atom. The average Bonchev–Trinajstić information content (AvgIpc) is 3.13. The zero-order valence-electron chi connectivity index (χ0n) is 13.2. The fraction of sp³-hybridized carbons (Fsp3) is 0.167. The summed E-state index contributed by atoms with van der Waals surface area (Å²) in [5.41, 5.74) is 7.30. The van der Waals surface area contributed by atoms with Crippen molar-refractivity contribution in [3.8, 4) is 17.1 Å². The van der Waals surface area contributed by atoms with Crippen LogP contribution >= 0.6 is 0 Å². The molecule has 0 N–H and O–H groups in total. The smallest absolute Gasteiger partial charge is 0.181 e. The minimum absolute atomic E-state index is 0.745. The zero-order chi connectivity index (χ0) is 16.0. The first kappa shape index (κ1) is 13.7. The Morgan fingerprint density at radius 1 is 1.00 bits per heavy atom. The van der Waals surface area contributed by atoms with Gasteiger partial charge in [0.1, 0.15) is 11.8 Å². The lowest BCUT2D eigenvalue weighted by atomic mass is 10.0. The van der Waals surface area contributed by atoms with Crippen molar-refractivity contribution < 1.29 is 4.42 Å². The highest BCUT2D eigenvalue weighted by Crippen LogP contribution is 2.28. The quantitative estimate of drug-likeness (QED) is 0.561. The Balaban J connectivity index is 1.92. The monoisotopic (exact) mass is 304 g/mol. The number of hydrogen-bond acceptors (Lipinski definition) is 4. The van der Waals surface area contributed by atoms with E-state index >= 15 is 0 Å². The van der Waals surface area contributed by atoms with Crippen LogP contribution in [0.5, 0.6) is 0 Å². The Hall–Kier alpha value is -2.95. The molecule has 0 saturated heterocycles. The van der Waals surface area contributed by atoms with Crippen LogP contribution < -0.4 is 0 Å². The largest absolute Gasteiger partial charge is 0.443 e. The summed E-state index contributed by atoms with van der Waals surface area (Å²) in [5.74, 6) is 0.790. The van der Waals surface area contributed by atoms with E-state index in [1.54, 1.807) is 6.33 Å². The van der Waals surface area contributed by atoms with Gasteiger partial charge in [-0.1, -0.05) is 17.7 Å². The summed E-state index contributed by atoms with van der Waals surface area (Å²) in [6, 6.07) is 10.2. The van der Waals surface area contributed by atoms with Crippen LogP contribution in [0.2, 0.25) is 0 Å². The van der Waals surface area contributed by atoms with E-state index in [4.69, 9.17) is 4.42 Å². The summed E-state index contributed by atoms with van der Waals surface area (Å²) in [6.45, 7) is 6.33. The van der Waals surface area contributed by atoms with Crippen LogP contribution in [0.3, 0.4) is 0 Å². The minimum Gasteiger partial charge on any atom is -0.443 e. The van der Waals surface area contributed by atoms with Crippen LogP contribution in [0.15, 0.2) is 47.5 Å². The third-order valence-corrected chi connectivity index (χ3v) is 4.01.